The summed E-state index contributed by atoms with van der Waals surface area (Å²) in [5, 5.41) is 9.85. The number of allylic oxidation sites excluding steroid dienone is 8. The van der Waals surface area contributed by atoms with E-state index in [1.807, 2.05) is 0 Å². The molecule has 0 amide bonds. The van der Waals surface area contributed by atoms with Crippen molar-refractivity contribution in [1.82, 2.24) is 0 Å². The van der Waals surface area contributed by atoms with Crippen LogP contribution in [0.3, 0.4) is 0 Å². The second-order valence-electron chi connectivity index (χ2n) is 21.9. The summed E-state index contributed by atoms with van der Waals surface area (Å²) in [6.07, 6.45) is 66.3. The van der Waals surface area contributed by atoms with Crippen LogP contribution in [0.25, 0.3) is 0 Å². The smallest absolute Gasteiger partial charge is 0.462 e. The number of hydrogen-bond acceptors (Lipinski definition) is 10. The van der Waals surface area contributed by atoms with Crippen molar-refractivity contribution in [3.05, 3.63) is 48.6 Å². The Morgan fingerprint density at radius 3 is 1.04 bits per heavy atom. The van der Waals surface area contributed by atoms with Crippen molar-refractivity contribution in [1.29, 1.82) is 0 Å². The highest BCUT2D eigenvalue weighted by Crippen LogP contribution is 2.43. The van der Waals surface area contributed by atoms with Crippen molar-refractivity contribution < 1.29 is 52.2 Å². The van der Waals surface area contributed by atoms with E-state index in [0.717, 1.165) is 89.9 Å². The normalized spacial score (nSPS) is 13.6. The van der Waals surface area contributed by atoms with Crippen LogP contribution in [0.2, 0.25) is 0 Å². The zero-order chi connectivity index (χ0) is 56.9. The number of aliphatic hydroxyl groups excluding tert-OH is 1. The molecule has 0 aromatic rings. The molecule has 456 valence electrons. The van der Waals surface area contributed by atoms with E-state index in [4.69, 9.17) is 23.3 Å². The van der Waals surface area contributed by atoms with Crippen LogP contribution in [0.4, 0.5) is 0 Å². The van der Waals surface area contributed by atoms with Gasteiger partial charge in [-0.15, -0.1) is 0 Å². The summed E-state index contributed by atoms with van der Waals surface area (Å²) in [4.78, 5) is 48.8. The Kier molecular flexibility index (Phi) is 58.5. The van der Waals surface area contributed by atoms with Crippen molar-refractivity contribution >= 4 is 25.7 Å². The van der Waals surface area contributed by atoms with Gasteiger partial charge in [0.15, 0.2) is 6.10 Å². The Morgan fingerprint density at radius 2 is 0.667 bits per heavy atom. The number of ether oxygens (including phenoxy) is 3. The van der Waals surface area contributed by atoms with E-state index in [9.17, 15) is 28.9 Å². The van der Waals surface area contributed by atoms with Gasteiger partial charge in [-0.1, -0.05) is 268 Å². The Morgan fingerprint density at radius 1 is 0.372 bits per heavy atom. The van der Waals surface area contributed by atoms with Crippen molar-refractivity contribution in [2.24, 2.45) is 0 Å². The first-order valence-electron chi connectivity index (χ1n) is 32.5. The molecule has 0 radical (unpaired) electrons. The number of esters is 3. The molecule has 2 N–H and O–H groups in total. The molecule has 0 saturated heterocycles. The van der Waals surface area contributed by atoms with E-state index >= 15 is 0 Å². The lowest BCUT2D eigenvalue weighted by Gasteiger charge is -2.21. The number of carbonyl (C=O) groups excluding carboxylic acids is 3. The number of hydrogen-bond donors (Lipinski definition) is 2. The number of aliphatic hydroxyl groups is 1. The molecule has 0 fully saturated rings. The first-order chi connectivity index (χ1) is 38.2. The first-order valence-corrected chi connectivity index (χ1v) is 34.0. The lowest BCUT2D eigenvalue weighted by molar-refractivity contribution is -0.161. The van der Waals surface area contributed by atoms with Gasteiger partial charge in [-0.3, -0.25) is 23.4 Å². The third kappa shape index (κ3) is 58.1. The van der Waals surface area contributed by atoms with Crippen LogP contribution in [0.15, 0.2) is 48.6 Å². The molecular formula is C66H121O11P. The Labute approximate surface area is 479 Å². The quantitative estimate of drug-likeness (QED) is 0.0197. The summed E-state index contributed by atoms with van der Waals surface area (Å²) in [5.74, 6) is -1.45. The fourth-order valence-electron chi connectivity index (χ4n) is 9.31. The predicted octanol–water partition coefficient (Wildman–Crippen LogP) is 19.7. The molecule has 0 aromatic heterocycles. The summed E-state index contributed by atoms with van der Waals surface area (Å²) in [6, 6.07) is 0. The maximum absolute atomic E-state index is 13.0. The van der Waals surface area contributed by atoms with Crippen molar-refractivity contribution in [2.45, 2.75) is 328 Å². The van der Waals surface area contributed by atoms with Crippen LogP contribution < -0.4 is 0 Å². The summed E-state index contributed by atoms with van der Waals surface area (Å²) < 4.78 is 39.7. The topological polar surface area (TPSA) is 155 Å². The zero-order valence-electron chi connectivity index (χ0n) is 50.6. The van der Waals surface area contributed by atoms with Gasteiger partial charge in [0.25, 0.3) is 0 Å². The average Bonchev–Trinajstić information content (AvgIpc) is 3.43. The minimum atomic E-state index is -4.75. The lowest BCUT2D eigenvalue weighted by Crippen LogP contribution is -2.30. The van der Waals surface area contributed by atoms with Crippen LogP contribution >= 0.6 is 7.82 Å². The third-order valence-corrected chi connectivity index (χ3v) is 15.2. The van der Waals surface area contributed by atoms with Crippen molar-refractivity contribution in [3.8, 4) is 0 Å². The second-order valence-corrected chi connectivity index (χ2v) is 23.4. The van der Waals surface area contributed by atoms with Crippen molar-refractivity contribution in [2.75, 3.05) is 26.4 Å². The molecule has 0 heterocycles. The molecule has 0 rings (SSSR count). The Bertz CT molecular complexity index is 1490. The highest BCUT2D eigenvalue weighted by atomic mass is 31.2. The first kappa shape index (κ1) is 75.4. The van der Waals surface area contributed by atoms with E-state index in [0.29, 0.717) is 19.3 Å². The SMILES string of the molecule is CC/C=C\C/C=C\C/C=C\CCCCCCCCCC(=O)OCC(COP(=O)(O)OCC(CO)OC(=O)CCCCCCCCCCCCCCCCC)OC(=O)CCCCCCCCCCC/C=C\CCCCCCCC. The van der Waals surface area contributed by atoms with Gasteiger partial charge in [0.05, 0.1) is 19.8 Å². The number of phosphoric ester groups is 1. The van der Waals surface area contributed by atoms with E-state index in [-0.39, 0.29) is 25.9 Å². The molecule has 11 nitrogen and oxygen atoms in total. The Balaban J connectivity index is 4.68. The second kappa shape index (κ2) is 60.5. The van der Waals surface area contributed by atoms with Gasteiger partial charge in [0.1, 0.15) is 12.7 Å². The zero-order valence-corrected chi connectivity index (χ0v) is 51.5. The van der Waals surface area contributed by atoms with E-state index in [1.54, 1.807) is 0 Å². The van der Waals surface area contributed by atoms with Crippen molar-refractivity contribution in [3.63, 3.8) is 0 Å². The summed E-state index contributed by atoms with van der Waals surface area (Å²) in [6.45, 7) is 4.58. The van der Waals surface area contributed by atoms with Gasteiger partial charge in [-0.2, -0.15) is 0 Å². The summed E-state index contributed by atoms with van der Waals surface area (Å²) in [7, 11) is -4.75. The third-order valence-electron chi connectivity index (χ3n) is 14.2. The molecule has 0 bridgehead atoms. The van der Waals surface area contributed by atoms with Crippen LogP contribution in [0.5, 0.6) is 0 Å². The standard InChI is InChI=1S/C66H121O11P/c1-4-7-10-13-16-19-22-25-28-30-31-33-36-39-42-45-48-51-54-57-66(70)77-63(59-73-64(68)55-52-49-46-43-40-37-35-32-29-26-23-20-17-14-11-8-5-2)61-75-78(71,72)74-60-62(58-67)76-65(69)56-53-50-47-44-41-38-34-27-24-21-18-15-12-9-6-3/h8,11,17,20,25-26,28-29,62-63,67H,4-7,9-10,12-16,18-19,21-24,27,30-61H2,1-3H3,(H,71,72)/b11-8-,20-17-,28-25-,29-26-. The maximum atomic E-state index is 13.0. The molecule has 12 heteroatoms. The molecule has 0 aliphatic rings. The number of rotatable bonds is 61. The molecule has 0 spiro atoms. The molecule has 3 unspecified atom stereocenters. The van der Waals surface area contributed by atoms with Gasteiger partial charge < -0.3 is 24.2 Å². The van der Waals surface area contributed by atoms with Crippen LogP contribution in [-0.4, -0.2) is 66.5 Å². The van der Waals surface area contributed by atoms with Gasteiger partial charge in [0, 0.05) is 19.3 Å². The van der Waals surface area contributed by atoms with Crippen LogP contribution in [0.1, 0.15) is 316 Å². The van der Waals surface area contributed by atoms with E-state index in [1.165, 1.54) is 167 Å². The van der Waals surface area contributed by atoms with Crippen LogP contribution in [0, 0.1) is 0 Å². The van der Waals surface area contributed by atoms with Gasteiger partial charge >= 0.3 is 25.7 Å². The van der Waals surface area contributed by atoms with Crippen LogP contribution in [-0.2, 0) is 42.2 Å². The number of carbonyl (C=O) groups is 3. The largest absolute Gasteiger partial charge is 0.472 e. The highest BCUT2D eigenvalue weighted by molar-refractivity contribution is 7.47. The molecule has 3 atom stereocenters. The average molecular weight is 1120 g/mol. The van der Waals surface area contributed by atoms with Gasteiger partial charge in [0.2, 0.25) is 0 Å². The maximum Gasteiger partial charge on any atom is 0.472 e. The Hall–Kier alpha value is -2.56. The minimum absolute atomic E-state index is 0.165. The molecule has 0 aromatic carbocycles. The minimum Gasteiger partial charge on any atom is -0.462 e. The summed E-state index contributed by atoms with van der Waals surface area (Å²) in [5.41, 5.74) is 0. The molecular weight excluding hydrogens is 1000 g/mol. The van der Waals surface area contributed by atoms with Gasteiger partial charge in [-0.25, -0.2) is 4.57 Å². The predicted molar refractivity (Wildman–Crippen MR) is 325 cm³/mol. The number of phosphoric acid groups is 1. The van der Waals surface area contributed by atoms with E-state index < -0.39 is 57.8 Å². The molecule has 0 aliphatic carbocycles. The summed E-state index contributed by atoms with van der Waals surface area (Å²) >= 11 is 0. The molecule has 78 heavy (non-hydrogen) atoms. The van der Waals surface area contributed by atoms with Gasteiger partial charge in [-0.05, 0) is 77.0 Å². The monoisotopic (exact) mass is 1120 g/mol. The fourth-order valence-corrected chi connectivity index (χ4v) is 10.1. The molecule has 0 aliphatic heterocycles. The highest BCUT2D eigenvalue weighted by Gasteiger charge is 2.28. The fraction of sp³-hybridized carbons (Fsp3) is 0.833. The number of unbranched alkanes of at least 4 members (excludes halogenated alkanes) is 36. The molecule has 0 saturated carbocycles. The van der Waals surface area contributed by atoms with E-state index in [2.05, 4.69) is 69.4 Å². The lowest BCUT2D eigenvalue weighted by atomic mass is 10.0.